The van der Waals surface area contributed by atoms with Gasteiger partial charge in [-0.25, -0.2) is 4.39 Å². The summed E-state index contributed by atoms with van der Waals surface area (Å²) < 4.78 is 15.4. The number of benzene rings is 4. The largest absolute Gasteiger partial charge is 0.206 e. The fourth-order valence-electron chi connectivity index (χ4n) is 4.37. The number of aryl methyl sites for hydroxylation is 2. The maximum Gasteiger partial charge on any atom is 0.138 e. The van der Waals surface area contributed by atoms with Crippen LogP contribution >= 0.6 is 0 Å². The minimum absolute atomic E-state index is 0.173. The normalized spacial score (nSPS) is 10.7. The average molecular weight is 461 g/mol. The first-order valence-corrected chi connectivity index (χ1v) is 12.7. The average Bonchev–Trinajstić information content (AvgIpc) is 2.90. The highest BCUT2D eigenvalue weighted by molar-refractivity contribution is 5.89. The van der Waals surface area contributed by atoms with Crippen molar-refractivity contribution in [3.63, 3.8) is 0 Å². The lowest BCUT2D eigenvalue weighted by Gasteiger charge is -2.09. The molecule has 0 aliphatic heterocycles. The molecule has 1 heteroatoms. The lowest BCUT2D eigenvalue weighted by molar-refractivity contribution is 0.643. The molecule has 0 fully saturated rings. The third-order valence-electron chi connectivity index (χ3n) is 6.48. The number of rotatable bonds is 9. The molecule has 4 rings (SSSR count). The monoisotopic (exact) mass is 460 g/mol. The molecule has 4 aromatic carbocycles. The zero-order valence-corrected chi connectivity index (χ0v) is 20.6. The van der Waals surface area contributed by atoms with Gasteiger partial charge in [-0.3, -0.25) is 0 Å². The lowest BCUT2D eigenvalue weighted by atomic mass is 9.97. The van der Waals surface area contributed by atoms with Gasteiger partial charge in [-0.2, -0.15) is 0 Å². The van der Waals surface area contributed by atoms with Gasteiger partial charge in [0.25, 0.3) is 0 Å². The topological polar surface area (TPSA) is 0 Å². The maximum atomic E-state index is 15.4. The van der Waals surface area contributed by atoms with Crippen molar-refractivity contribution in [3.8, 4) is 23.0 Å². The zero-order valence-electron chi connectivity index (χ0n) is 20.6. The van der Waals surface area contributed by atoms with Gasteiger partial charge >= 0.3 is 0 Å². The second-order valence-corrected chi connectivity index (χ2v) is 9.14. The van der Waals surface area contributed by atoms with E-state index >= 15 is 4.39 Å². The minimum atomic E-state index is -0.173. The second kappa shape index (κ2) is 12.2. The van der Waals surface area contributed by atoms with Gasteiger partial charge in [-0.1, -0.05) is 98.7 Å². The van der Waals surface area contributed by atoms with Crippen LogP contribution in [0.4, 0.5) is 4.39 Å². The minimum Gasteiger partial charge on any atom is -0.206 e. The van der Waals surface area contributed by atoms with Crippen molar-refractivity contribution in [1.29, 1.82) is 0 Å². The maximum absolute atomic E-state index is 15.4. The van der Waals surface area contributed by atoms with Crippen molar-refractivity contribution in [2.75, 3.05) is 0 Å². The Hall–Kier alpha value is -3.63. The SMILES string of the molecule is C=CCCc1ccc(C#Cc2ccc3c(F)c(-c4ccc(CCCCCC)cc4)ccc3c2)cc1. The molecule has 35 heavy (non-hydrogen) atoms. The third kappa shape index (κ3) is 6.49. The summed E-state index contributed by atoms with van der Waals surface area (Å²) >= 11 is 0. The van der Waals surface area contributed by atoms with Crippen LogP contribution in [0, 0.1) is 17.7 Å². The van der Waals surface area contributed by atoms with E-state index in [1.165, 1.54) is 36.8 Å². The van der Waals surface area contributed by atoms with Crippen molar-refractivity contribution in [1.82, 2.24) is 0 Å². The highest BCUT2D eigenvalue weighted by atomic mass is 19.1. The van der Waals surface area contributed by atoms with Crippen LogP contribution in [-0.2, 0) is 12.8 Å². The van der Waals surface area contributed by atoms with E-state index in [9.17, 15) is 0 Å². The summed E-state index contributed by atoms with van der Waals surface area (Å²) in [5, 5.41) is 1.49. The molecule has 176 valence electrons. The van der Waals surface area contributed by atoms with E-state index in [0.29, 0.717) is 10.9 Å². The molecule has 0 aromatic heterocycles. The van der Waals surface area contributed by atoms with Crippen LogP contribution < -0.4 is 0 Å². The van der Waals surface area contributed by atoms with Gasteiger partial charge in [0, 0.05) is 22.1 Å². The molecule has 0 spiro atoms. The van der Waals surface area contributed by atoms with Gasteiger partial charge in [0.2, 0.25) is 0 Å². The van der Waals surface area contributed by atoms with Crippen LogP contribution in [0.2, 0.25) is 0 Å². The quantitative estimate of drug-likeness (QED) is 0.133. The number of hydrogen-bond donors (Lipinski definition) is 0. The van der Waals surface area contributed by atoms with Gasteiger partial charge in [-0.05, 0) is 72.0 Å². The van der Waals surface area contributed by atoms with Crippen molar-refractivity contribution in [2.24, 2.45) is 0 Å². The molecular weight excluding hydrogens is 427 g/mol. The number of hydrogen-bond acceptors (Lipinski definition) is 0. The Morgan fingerprint density at radius 1 is 0.743 bits per heavy atom. The summed E-state index contributed by atoms with van der Waals surface area (Å²) in [6.45, 7) is 6.00. The first-order valence-electron chi connectivity index (χ1n) is 12.7. The molecule has 4 aromatic rings. The van der Waals surface area contributed by atoms with Crippen LogP contribution in [0.25, 0.3) is 21.9 Å². The molecule has 0 saturated carbocycles. The van der Waals surface area contributed by atoms with E-state index in [2.05, 4.69) is 61.7 Å². The van der Waals surface area contributed by atoms with Crippen LogP contribution in [0.3, 0.4) is 0 Å². The van der Waals surface area contributed by atoms with Crippen molar-refractivity contribution < 1.29 is 4.39 Å². The van der Waals surface area contributed by atoms with Crippen LogP contribution in [0.15, 0.2) is 91.5 Å². The number of unbranched alkanes of at least 4 members (excludes halogenated alkanes) is 3. The molecule has 0 atom stereocenters. The molecule has 0 heterocycles. The number of halogens is 1. The Balaban J connectivity index is 1.49. The summed E-state index contributed by atoms with van der Waals surface area (Å²) in [6.07, 6.45) is 10.0. The number of allylic oxidation sites excluding steroid dienone is 1. The molecule has 0 amide bonds. The van der Waals surface area contributed by atoms with Crippen molar-refractivity contribution in [3.05, 3.63) is 120 Å². The van der Waals surface area contributed by atoms with E-state index in [1.54, 1.807) is 0 Å². The van der Waals surface area contributed by atoms with Crippen molar-refractivity contribution in [2.45, 2.75) is 51.9 Å². The molecule has 0 unspecified atom stereocenters. The zero-order chi connectivity index (χ0) is 24.5. The summed E-state index contributed by atoms with van der Waals surface area (Å²) in [7, 11) is 0. The molecular formula is C34H33F. The summed E-state index contributed by atoms with van der Waals surface area (Å²) in [5.41, 5.74) is 6.03. The first kappa shape index (κ1) is 24.5. The molecule has 0 N–H and O–H groups in total. The standard InChI is InChI=1S/C34H33F/c1-3-5-7-8-10-27-17-20-30(21-18-27)32-24-22-31-25-29(19-23-33(31)34(32)35)16-15-28-13-11-26(12-14-28)9-6-4-2/h4,11-14,17-25H,2-3,5-10H2,1H3. The Labute approximate surface area is 209 Å². The lowest BCUT2D eigenvalue weighted by Crippen LogP contribution is -1.90. The molecule has 0 saturated heterocycles. The van der Waals surface area contributed by atoms with E-state index in [0.717, 1.165) is 41.3 Å². The molecule has 0 aliphatic rings. The second-order valence-electron chi connectivity index (χ2n) is 9.14. The van der Waals surface area contributed by atoms with E-state index in [-0.39, 0.29) is 5.82 Å². The van der Waals surface area contributed by atoms with E-state index in [1.807, 2.05) is 48.5 Å². The van der Waals surface area contributed by atoms with Crippen LogP contribution in [-0.4, -0.2) is 0 Å². The third-order valence-corrected chi connectivity index (χ3v) is 6.48. The van der Waals surface area contributed by atoms with Crippen molar-refractivity contribution >= 4 is 10.8 Å². The van der Waals surface area contributed by atoms with E-state index < -0.39 is 0 Å². The Morgan fingerprint density at radius 2 is 1.43 bits per heavy atom. The number of fused-ring (bicyclic) bond motifs is 1. The van der Waals surface area contributed by atoms with E-state index in [4.69, 9.17) is 0 Å². The van der Waals surface area contributed by atoms with Crippen LogP contribution in [0.5, 0.6) is 0 Å². The highest BCUT2D eigenvalue weighted by Crippen LogP contribution is 2.30. The highest BCUT2D eigenvalue weighted by Gasteiger charge is 2.10. The molecule has 0 bridgehead atoms. The predicted molar refractivity (Wildman–Crippen MR) is 148 cm³/mol. The Morgan fingerprint density at radius 3 is 2.17 bits per heavy atom. The molecule has 0 aliphatic carbocycles. The fourth-order valence-corrected chi connectivity index (χ4v) is 4.37. The summed E-state index contributed by atoms with van der Waals surface area (Å²) in [6, 6.07) is 26.3. The predicted octanol–water partition coefficient (Wildman–Crippen LogP) is 9.29. The first-order chi connectivity index (χ1) is 17.2. The molecule has 0 radical (unpaired) electrons. The van der Waals surface area contributed by atoms with Gasteiger partial charge in [-0.15, -0.1) is 6.58 Å². The summed E-state index contributed by atoms with van der Waals surface area (Å²) in [5.74, 6) is 6.27. The molecule has 0 nitrogen and oxygen atoms in total. The van der Waals surface area contributed by atoms with Gasteiger partial charge in [0.15, 0.2) is 0 Å². The fraction of sp³-hybridized carbons (Fsp3) is 0.235. The Bertz CT molecular complexity index is 1330. The smallest absolute Gasteiger partial charge is 0.138 e. The van der Waals surface area contributed by atoms with Gasteiger partial charge in [0.05, 0.1) is 0 Å². The van der Waals surface area contributed by atoms with Crippen LogP contribution in [0.1, 0.15) is 61.3 Å². The van der Waals surface area contributed by atoms with Gasteiger partial charge < -0.3 is 0 Å². The Kier molecular flexibility index (Phi) is 8.53. The van der Waals surface area contributed by atoms with Gasteiger partial charge in [0.1, 0.15) is 5.82 Å². The summed E-state index contributed by atoms with van der Waals surface area (Å²) in [4.78, 5) is 0.